The Balaban J connectivity index is 1.67. The van der Waals surface area contributed by atoms with Gasteiger partial charge in [-0.1, -0.05) is 0 Å². The molecule has 2 heterocycles. The summed E-state index contributed by atoms with van der Waals surface area (Å²) in [5, 5.41) is 12.4. The van der Waals surface area contributed by atoms with Gasteiger partial charge >= 0.3 is 0 Å². The molecule has 0 bridgehead atoms. The van der Waals surface area contributed by atoms with Gasteiger partial charge in [0.05, 0.1) is 17.1 Å². The van der Waals surface area contributed by atoms with E-state index in [1.807, 2.05) is 0 Å². The van der Waals surface area contributed by atoms with Crippen molar-refractivity contribution >= 4 is 15.9 Å². The quantitative estimate of drug-likeness (QED) is 0.628. The summed E-state index contributed by atoms with van der Waals surface area (Å²) < 4.78 is 25.3. The number of nitriles is 1. The molecule has 0 aliphatic carbocycles. The number of likely N-dealkylation sites (tertiary alicyclic amines) is 1. The van der Waals surface area contributed by atoms with Crippen LogP contribution < -0.4 is 16.2 Å². The fourth-order valence-corrected chi connectivity index (χ4v) is 4.26. The minimum absolute atomic E-state index is 0.119. The van der Waals surface area contributed by atoms with Gasteiger partial charge in [-0.05, 0) is 50.2 Å². The van der Waals surface area contributed by atoms with Crippen LogP contribution in [0.1, 0.15) is 23.2 Å². The van der Waals surface area contributed by atoms with E-state index in [1.165, 1.54) is 38.4 Å². The second kappa shape index (κ2) is 7.92. The minimum atomic E-state index is -3.54. The first kappa shape index (κ1) is 19.7. The highest BCUT2D eigenvalue weighted by atomic mass is 32.2. The number of sulfonamides is 1. The molecule has 2 saturated heterocycles. The van der Waals surface area contributed by atoms with Crippen molar-refractivity contribution in [1.82, 2.24) is 25.4 Å². The summed E-state index contributed by atoms with van der Waals surface area (Å²) in [6.07, 6.45) is 1.54. The van der Waals surface area contributed by atoms with Gasteiger partial charge in [-0.15, -0.1) is 0 Å². The Morgan fingerprint density at radius 2 is 1.85 bits per heavy atom. The highest BCUT2D eigenvalue weighted by molar-refractivity contribution is 7.89. The number of carbonyl (C=O) groups is 1. The Labute approximate surface area is 159 Å². The molecule has 2 fully saturated rings. The van der Waals surface area contributed by atoms with E-state index in [2.05, 4.69) is 27.1 Å². The van der Waals surface area contributed by atoms with Gasteiger partial charge in [0.15, 0.2) is 0 Å². The van der Waals surface area contributed by atoms with Crippen molar-refractivity contribution in [2.24, 2.45) is 5.92 Å². The summed E-state index contributed by atoms with van der Waals surface area (Å²) in [6.45, 7) is 1.86. The third-order valence-electron chi connectivity index (χ3n) is 4.95. The Kier molecular flexibility index (Phi) is 5.78. The molecule has 3 atom stereocenters. The lowest BCUT2D eigenvalue weighted by Crippen LogP contribution is -2.46. The number of hydrogen-bond acceptors (Lipinski definition) is 7. The lowest BCUT2D eigenvalue weighted by molar-refractivity contribution is 0.0923. The molecular formula is C17H24N6O3S. The number of hydrogen-bond donors (Lipinski definition) is 3. The smallest absolute Gasteiger partial charge is 0.252 e. The van der Waals surface area contributed by atoms with Crippen LogP contribution in [-0.2, 0) is 10.0 Å². The third kappa shape index (κ3) is 3.97. The molecule has 1 amide bonds. The number of amides is 1. The molecule has 3 rings (SSSR count). The Bertz CT molecular complexity index is 827. The topological polar surface area (TPSA) is 118 Å². The van der Waals surface area contributed by atoms with E-state index >= 15 is 0 Å². The first-order valence-electron chi connectivity index (χ1n) is 8.83. The zero-order chi connectivity index (χ0) is 19.6. The molecular weight excluding hydrogens is 368 g/mol. The highest BCUT2D eigenvalue weighted by Gasteiger charge is 2.41. The molecule has 27 heavy (non-hydrogen) atoms. The lowest BCUT2D eigenvalue weighted by atomic mass is 10.1. The maximum absolute atomic E-state index is 12.5. The number of nitrogens with zero attached hydrogens (tertiary/aromatic N) is 3. The van der Waals surface area contributed by atoms with Crippen molar-refractivity contribution in [3.63, 3.8) is 0 Å². The van der Waals surface area contributed by atoms with Crippen LogP contribution in [0.5, 0.6) is 0 Å². The van der Waals surface area contributed by atoms with Gasteiger partial charge in [0.2, 0.25) is 10.0 Å². The largest absolute Gasteiger partial charge is 0.334 e. The van der Waals surface area contributed by atoms with E-state index in [9.17, 15) is 18.5 Å². The molecule has 3 unspecified atom stereocenters. The van der Waals surface area contributed by atoms with E-state index < -0.39 is 22.1 Å². The van der Waals surface area contributed by atoms with Crippen molar-refractivity contribution in [2.75, 3.05) is 27.2 Å². The van der Waals surface area contributed by atoms with E-state index in [0.717, 1.165) is 30.2 Å². The third-order valence-corrected chi connectivity index (χ3v) is 6.78. The number of hydrazine groups is 1. The molecule has 146 valence electrons. The predicted octanol–water partition coefficient (Wildman–Crippen LogP) is -0.338. The standard InChI is InChI=1S/C17H24N6O3S/c1-22(2)27(25,26)13-7-5-12(6-8-13)17(24)19-15-14(11-18)16(21-20-15)23-9-3-4-10-23/h5-8,14-16,20-21H,3-4,9-10H2,1-2H3,(H,19,24). The van der Waals surface area contributed by atoms with Gasteiger partial charge in [-0.3, -0.25) is 9.69 Å². The number of benzene rings is 1. The van der Waals surface area contributed by atoms with E-state index in [4.69, 9.17) is 0 Å². The zero-order valence-electron chi connectivity index (χ0n) is 15.3. The minimum Gasteiger partial charge on any atom is -0.334 e. The summed E-state index contributed by atoms with van der Waals surface area (Å²) in [4.78, 5) is 14.8. The summed E-state index contributed by atoms with van der Waals surface area (Å²) in [5.74, 6) is -0.800. The van der Waals surface area contributed by atoms with Crippen molar-refractivity contribution < 1.29 is 13.2 Å². The zero-order valence-corrected chi connectivity index (χ0v) is 16.2. The molecule has 0 radical (unpaired) electrons. The first-order valence-corrected chi connectivity index (χ1v) is 10.3. The molecule has 1 aromatic carbocycles. The second-order valence-corrected chi connectivity index (χ2v) is 9.05. The summed E-state index contributed by atoms with van der Waals surface area (Å²) in [7, 11) is -0.637. The van der Waals surface area contributed by atoms with E-state index in [-0.39, 0.29) is 17.0 Å². The Hall–Kier alpha value is -2.03. The molecule has 10 heteroatoms. The summed E-state index contributed by atoms with van der Waals surface area (Å²) in [6, 6.07) is 8.01. The maximum Gasteiger partial charge on any atom is 0.252 e. The van der Waals surface area contributed by atoms with Crippen molar-refractivity contribution in [1.29, 1.82) is 5.26 Å². The first-order chi connectivity index (χ1) is 12.8. The molecule has 1 aromatic rings. The Morgan fingerprint density at radius 3 is 2.41 bits per heavy atom. The molecule has 2 aliphatic heterocycles. The van der Waals surface area contributed by atoms with Gasteiger partial charge in [0.25, 0.3) is 5.91 Å². The number of carbonyl (C=O) groups excluding carboxylic acids is 1. The van der Waals surface area contributed by atoms with Crippen LogP contribution in [-0.4, -0.2) is 63.0 Å². The normalized spacial score (nSPS) is 26.2. The fourth-order valence-electron chi connectivity index (χ4n) is 3.36. The summed E-state index contributed by atoms with van der Waals surface area (Å²) >= 11 is 0. The molecule has 0 aromatic heterocycles. The van der Waals surface area contributed by atoms with Crippen LogP contribution in [0.15, 0.2) is 29.2 Å². The van der Waals surface area contributed by atoms with Crippen LogP contribution in [0.4, 0.5) is 0 Å². The molecule has 9 nitrogen and oxygen atoms in total. The van der Waals surface area contributed by atoms with E-state index in [0.29, 0.717) is 5.56 Å². The van der Waals surface area contributed by atoms with Gasteiger partial charge in [0.1, 0.15) is 12.1 Å². The Morgan fingerprint density at radius 1 is 1.22 bits per heavy atom. The van der Waals surface area contributed by atoms with Crippen LogP contribution in [0.2, 0.25) is 0 Å². The highest BCUT2D eigenvalue weighted by Crippen LogP contribution is 2.21. The average molecular weight is 392 g/mol. The van der Waals surface area contributed by atoms with Crippen LogP contribution in [0.25, 0.3) is 0 Å². The molecule has 3 N–H and O–H groups in total. The van der Waals surface area contributed by atoms with Crippen molar-refractivity contribution in [3.8, 4) is 6.07 Å². The second-order valence-electron chi connectivity index (χ2n) is 6.89. The maximum atomic E-state index is 12.5. The van der Waals surface area contributed by atoms with Gasteiger partial charge in [0, 0.05) is 19.7 Å². The molecule has 0 saturated carbocycles. The van der Waals surface area contributed by atoms with Crippen molar-refractivity contribution in [2.45, 2.75) is 30.1 Å². The number of rotatable bonds is 5. The number of nitrogens with one attached hydrogen (secondary N) is 3. The average Bonchev–Trinajstić information content (AvgIpc) is 3.30. The molecule has 2 aliphatic rings. The fraction of sp³-hybridized carbons (Fsp3) is 0.529. The van der Waals surface area contributed by atoms with Gasteiger partial charge in [-0.2, -0.15) is 5.26 Å². The van der Waals surface area contributed by atoms with Crippen LogP contribution in [0.3, 0.4) is 0 Å². The summed E-state index contributed by atoms with van der Waals surface area (Å²) in [5.41, 5.74) is 6.42. The predicted molar refractivity (Wildman–Crippen MR) is 98.5 cm³/mol. The van der Waals surface area contributed by atoms with Crippen LogP contribution >= 0.6 is 0 Å². The van der Waals surface area contributed by atoms with Crippen LogP contribution in [0, 0.1) is 17.2 Å². The van der Waals surface area contributed by atoms with E-state index in [1.54, 1.807) is 0 Å². The van der Waals surface area contributed by atoms with Crippen molar-refractivity contribution in [3.05, 3.63) is 29.8 Å². The van der Waals surface area contributed by atoms with Gasteiger partial charge < -0.3 is 5.32 Å². The lowest BCUT2D eigenvalue weighted by Gasteiger charge is -2.25. The molecule has 0 spiro atoms. The SMILES string of the molecule is CN(C)S(=O)(=O)c1ccc(C(=O)NC2NNC(N3CCCC3)C2C#N)cc1. The monoisotopic (exact) mass is 392 g/mol. The van der Waals surface area contributed by atoms with Gasteiger partial charge in [-0.25, -0.2) is 23.6 Å².